The number of nitrogens with two attached hydrogens (primary N) is 1. The van der Waals surface area contributed by atoms with Crippen molar-refractivity contribution < 1.29 is 14.6 Å². The molecule has 1 aromatic carbocycles. The number of benzene rings is 1. The van der Waals surface area contributed by atoms with Crippen molar-refractivity contribution in [2.24, 2.45) is 5.73 Å². The van der Waals surface area contributed by atoms with Crippen molar-refractivity contribution in [2.75, 3.05) is 6.54 Å². The van der Waals surface area contributed by atoms with E-state index >= 15 is 0 Å². The molecule has 1 unspecified atom stereocenters. The Morgan fingerprint density at radius 1 is 1.30 bits per heavy atom. The first-order chi connectivity index (χ1) is 11.0. The van der Waals surface area contributed by atoms with E-state index in [4.69, 9.17) is 27.2 Å². The Morgan fingerprint density at radius 2 is 2.00 bits per heavy atom. The SMILES string of the molecule is CC(Oc1cc([C@H](CN)CC(=O)O)ccc1Cl)c1ccncc1. The highest BCUT2D eigenvalue weighted by Gasteiger charge is 2.17. The number of halogens is 1. The third-order valence-corrected chi connectivity index (χ3v) is 3.92. The molecule has 0 bridgehead atoms. The Labute approximate surface area is 140 Å². The standard InChI is InChI=1S/C17H19ClN2O3/c1-11(12-4-6-20-7-5-12)23-16-8-13(2-3-15(16)18)14(10-19)9-17(21)22/h2-8,11,14H,9-10,19H2,1H3,(H,21,22)/t11?,14-/m0/s1. The lowest BCUT2D eigenvalue weighted by atomic mass is 9.96. The van der Waals surface area contributed by atoms with Crippen LogP contribution in [-0.4, -0.2) is 22.6 Å². The summed E-state index contributed by atoms with van der Waals surface area (Å²) in [6, 6.07) is 8.99. The van der Waals surface area contributed by atoms with Crippen molar-refractivity contribution in [3.63, 3.8) is 0 Å². The second-order valence-corrected chi connectivity index (χ2v) is 5.67. The molecule has 2 atom stereocenters. The van der Waals surface area contributed by atoms with Crippen molar-refractivity contribution in [3.8, 4) is 5.75 Å². The molecule has 2 aromatic rings. The molecular weight excluding hydrogens is 316 g/mol. The summed E-state index contributed by atoms with van der Waals surface area (Å²) in [6.45, 7) is 2.16. The van der Waals surface area contributed by atoms with Crippen molar-refractivity contribution >= 4 is 17.6 Å². The zero-order valence-corrected chi connectivity index (χ0v) is 13.5. The molecule has 2 rings (SSSR count). The van der Waals surface area contributed by atoms with Crippen LogP contribution in [0.2, 0.25) is 5.02 Å². The zero-order valence-electron chi connectivity index (χ0n) is 12.8. The number of ether oxygens (including phenoxy) is 1. The molecule has 6 heteroatoms. The minimum absolute atomic E-state index is 0.0303. The van der Waals surface area contributed by atoms with Gasteiger partial charge in [0.2, 0.25) is 0 Å². The van der Waals surface area contributed by atoms with Crippen molar-refractivity contribution in [1.82, 2.24) is 4.98 Å². The van der Waals surface area contributed by atoms with Gasteiger partial charge in [-0.2, -0.15) is 0 Å². The van der Waals surface area contributed by atoms with Gasteiger partial charge in [0.15, 0.2) is 0 Å². The van der Waals surface area contributed by atoms with Crippen LogP contribution in [0.5, 0.6) is 5.75 Å². The minimum atomic E-state index is -0.886. The van der Waals surface area contributed by atoms with E-state index in [2.05, 4.69) is 4.98 Å². The molecule has 1 heterocycles. The van der Waals surface area contributed by atoms with Crippen LogP contribution in [0.3, 0.4) is 0 Å². The van der Waals surface area contributed by atoms with Crippen LogP contribution in [0, 0.1) is 0 Å². The Kier molecular flexibility index (Phi) is 5.96. The van der Waals surface area contributed by atoms with E-state index in [1.165, 1.54) is 0 Å². The monoisotopic (exact) mass is 334 g/mol. The second-order valence-electron chi connectivity index (χ2n) is 5.26. The van der Waals surface area contributed by atoms with Gasteiger partial charge in [-0.1, -0.05) is 17.7 Å². The molecule has 0 fully saturated rings. The summed E-state index contributed by atoms with van der Waals surface area (Å²) in [7, 11) is 0. The first-order valence-electron chi connectivity index (χ1n) is 7.29. The summed E-state index contributed by atoms with van der Waals surface area (Å²) in [5.74, 6) is -0.649. The highest BCUT2D eigenvalue weighted by Crippen LogP contribution is 2.32. The van der Waals surface area contributed by atoms with Gasteiger partial charge in [-0.15, -0.1) is 0 Å². The van der Waals surface area contributed by atoms with Gasteiger partial charge in [0.1, 0.15) is 11.9 Å². The van der Waals surface area contributed by atoms with Gasteiger partial charge < -0.3 is 15.6 Å². The number of hydrogen-bond acceptors (Lipinski definition) is 4. The van der Waals surface area contributed by atoms with E-state index in [9.17, 15) is 4.79 Å². The highest BCUT2D eigenvalue weighted by molar-refractivity contribution is 6.32. The number of carboxylic acids is 1. The zero-order chi connectivity index (χ0) is 16.8. The van der Waals surface area contributed by atoms with Crippen molar-refractivity contribution in [3.05, 3.63) is 58.9 Å². The van der Waals surface area contributed by atoms with Gasteiger partial charge in [0.25, 0.3) is 0 Å². The predicted octanol–water partition coefficient (Wildman–Crippen LogP) is 3.39. The van der Waals surface area contributed by atoms with E-state index in [1.807, 2.05) is 19.1 Å². The molecule has 3 N–H and O–H groups in total. The van der Waals surface area contributed by atoms with E-state index in [0.717, 1.165) is 11.1 Å². The van der Waals surface area contributed by atoms with Gasteiger partial charge in [-0.25, -0.2) is 0 Å². The molecule has 0 saturated heterocycles. The second kappa shape index (κ2) is 7.94. The van der Waals surface area contributed by atoms with Crippen LogP contribution in [0.15, 0.2) is 42.7 Å². The average molecular weight is 335 g/mol. The van der Waals surface area contributed by atoms with Crippen molar-refractivity contribution in [1.29, 1.82) is 0 Å². The smallest absolute Gasteiger partial charge is 0.304 e. The highest BCUT2D eigenvalue weighted by atomic mass is 35.5. The number of carbonyl (C=O) groups is 1. The maximum atomic E-state index is 10.9. The molecule has 1 aromatic heterocycles. The van der Waals surface area contributed by atoms with E-state index < -0.39 is 5.97 Å². The largest absolute Gasteiger partial charge is 0.484 e. The third-order valence-electron chi connectivity index (χ3n) is 3.61. The molecule has 0 amide bonds. The first kappa shape index (κ1) is 17.2. The molecular formula is C17H19ClN2O3. The summed E-state index contributed by atoms with van der Waals surface area (Å²) in [6.07, 6.45) is 3.16. The van der Waals surface area contributed by atoms with Gasteiger partial charge in [0, 0.05) is 18.3 Å². The van der Waals surface area contributed by atoms with Gasteiger partial charge in [-0.05, 0) is 48.9 Å². The lowest BCUT2D eigenvalue weighted by Gasteiger charge is -2.19. The fraction of sp³-hybridized carbons (Fsp3) is 0.294. The Balaban J connectivity index is 2.21. The fourth-order valence-corrected chi connectivity index (χ4v) is 2.47. The number of rotatable bonds is 7. The lowest BCUT2D eigenvalue weighted by molar-refractivity contribution is -0.137. The van der Waals surface area contributed by atoms with E-state index in [0.29, 0.717) is 10.8 Å². The van der Waals surface area contributed by atoms with Crippen LogP contribution in [0.25, 0.3) is 0 Å². The number of hydrogen-bond donors (Lipinski definition) is 2. The molecule has 0 spiro atoms. The summed E-state index contributed by atoms with van der Waals surface area (Å²) >= 11 is 6.20. The molecule has 0 aliphatic heterocycles. The normalized spacial score (nSPS) is 13.3. The van der Waals surface area contributed by atoms with Crippen LogP contribution >= 0.6 is 11.6 Å². The van der Waals surface area contributed by atoms with Gasteiger partial charge >= 0.3 is 5.97 Å². The predicted molar refractivity (Wildman–Crippen MR) is 88.8 cm³/mol. The van der Waals surface area contributed by atoms with Gasteiger partial charge in [-0.3, -0.25) is 9.78 Å². The molecule has 23 heavy (non-hydrogen) atoms. The Morgan fingerprint density at radius 3 is 2.61 bits per heavy atom. The Bertz CT molecular complexity index is 664. The fourth-order valence-electron chi connectivity index (χ4n) is 2.31. The molecule has 0 aliphatic rings. The third kappa shape index (κ3) is 4.68. The number of aliphatic carboxylic acids is 1. The molecule has 0 saturated carbocycles. The number of nitrogens with zero attached hydrogens (tertiary/aromatic N) is 1. The number of pyridine rings is 1. The lowest BCUT2D eigenvalue weighted by Crippen LogP contribution is -2.16. The van der Waals surface area contributed by atoms with E-state index in [-0.39, 0.29) is 25.0 Å². The molecule has 0 radical (unpaired) electrons. The maximum Gasteiger partial charge on any atom is 0.304 e. The maximum absolute atomic E-state index is 10.9. The molecule has 5 nitrogen and oxygen atoms in total. The summed E-state index contributed by atoms with van der Waals surface area (Å²) in [5.41, 5.74) is 7.47. The van der Waals surface area contributed by atoms with Crippen LogP contribution in [0.4, 0.5) is 0 Å². The van der Waals surface area contributed by atoms with Crippen LogP contribution in [0.1, 0.15) is 36.5 Å². The number of carboxylic acid groups (broad SMARTS) is 1. The molecule has 0 aliphatic carbocycles. The van der Waals surface area contributed by atoms with E-state index in [1.54, 1.807) is 30.6 Å². The molecule has 122 valence electrons. The van der Waals surface area contributed by atoms with Gasteiger partial charge in [0.05, 0.1) is 11.4 Å². The van der Waals surface area contributed by atoms with Crippen LogP contribution < -0.4 is 10.5 Å². The first-order valence-corrected chi connectivity index (χ1v) is 7.67. The topological polar surface area (TPSA) is 85.4 Å². The Hall–Kier alpha value is -2.11. The summed E-state index contributed by atoms with van der Waals surface area (Å²) < 4.78 is 5.92. The summed E-state index contributed by atoms with van der Waals surface area (Å²) in [5, 5.41) is 9.45. The summed E-state index contributed by atoms with van der Waals surface area (Å²) in [4.78, 5) is 14.9. The minimum Gasteiger partial charge on any atom is -0.484 e. The average Bonchev–Trinajstić information content (AvgIpc) is 2.55. The van der Waals surface area contributed by atoms with Crippen molar-refractivity contribution in [2.45, 2.75) is 25.4 Å². The quantitative estimate of drug-likeness (QED) is 0.810. The number of aromatic nitrogens is 1. The van der Waals surface area contributed by atoms with Crippen LogP contribution in [-0.2, 0) is 4.79 Å².